The number of nitrogens with two attached hydrogens (primary N) is 1. The van der Waals surface area contributed by atoms with Gasteiger partial charge < -0.3 is 20.9 Å². The van der Waals surface area contributed by atoms with Crippen molar-refractivity contribution in [2.45, 2.75) is 187 Å². The van der Waals surface area contributed by atoms with Crippen molar-refractivity contribution < 1.29 is 24.2 Å². The zero-order valence-electron chi connectivity index (χ0n) is 36.6. The van der Waals surface area contributed by atoms with Gasteiger partial charge in [-0.15, -0.1) is 0 Å². The van der Waals surface area contributed by atoms with Crippen LogP contribution in [0.4, 0.5) is 0 Å². The van der Waals surface area contributed by atoms with E-state index in [1.54, 1.807) is 0 Å². The van der Waals surface area contributed by atoms with Crippen LogP contribution < -0.4 is 11.1 Å². The molecule has 0 aliphatic rings. The zero-order chi connectivity index (χ0) is 42.4. The van der Waals surface area contributed by atoms with Crippen molar-refractivity contribution in [3.8, 4) is 0 Å². The van der Waals surface area contributed by atoms with E-state index in [1.807, 2.05) is 0 Å². The van der Waals surface area contributed by atoms with Crippen molar-refractivity contribution in [3.63, 3.8) is 0 Å². The number of carboxylic acids is 1. The van der Waals surface area contributed by atoms with Crippen molar-refractivity contribution in [1.82, 2.24) is 5.32 Å². The molecule has 0 saturated carbocycles. The van der Waals surface area contributed by atoms with Gasteiger partial charge in [0.1, 0.15) is 12.1 Å². The number of allylic oxidation sites excluding steroid dienone is 17. The lowest BCUT2D eigenvalue weighted by Gasteiger charge is -2.15. The van der Waals surface area contributed by atoms with Gasteiger partial charge >= 0.3 is 11.9 Å². The molecule has 0 aromatic rings. The first-order chi connectivity index (χ1) is 28.4. The van der Waals surface area contributed by atoms with Crippen LogP contribution in [0.3, 0.4) is 0 Å². The van der Waals surface area contributed by atoms with Crippen LogP contribution in [0, 0.1) is 0 Å². The van der Waals surface area contributed by atoms with Gasteiger partial charge in [0.2, 0.25) is 5.91 Å². The van der Waals surface area contributed by atoms with E-state index in [0.717, 1.165) is 116 Å². The Morgan fingerprint density at radius 1 is 0.534 bits per heavy atom. The Morgan fingerprint density at radius 2 is 1.02 bits per heavy atom. The highest BCUT2D eigenvalue weighted by Gasteiger charge is 2.18. The largest absolute Gasteiger partial charge is 0.480 e. The standard InChI is InChI=1S/C51H82N2O5/c1-3-5-7-9-11-13-14-15-16-17-18-19-20-21-22-23-24-25-26-27-29-35-39-45-50(55)58-47(41-36-32-28-12-10-8-6-4-2)42-37-33-30-31-34-38-44-49(54)53-48(51(56)57)43-40-46-52/h5,7,11-13,15-16,18-19,21-22,24-25,27-29,36,41,47-48H,3-4,6,8-10,14,17,20,23,26,30-35,37-40,42-46,52H2,1-2H3,(H,53,54)(H,56,57)/b7-5-,13-11-,16-15-,19-18-,22-21-,25-24-,28-12-,29-27-,41-36-. The minimum absolute atomic E-state index is 0.137. The highest BCUT2D eigenvalue weighted by Crippen LogP contribution is 2.14. The third-order valence-electron chi connectivity index (χ3n) is 9.31. The first kappa shape index (κ1) is 54.0. The molecule has 0 fully saturated rings. The minimum Gasteiger partial charge on any atom is -0.480 e. The van der Waals surface area contributed by atoms with Crippen LogP contribution in [0.2, 0.25) is 0 Å². The van der Waals surface area contributed by atoms with Gasteiger partial charge in [-0.3, -0.25) is 9.59 Å². The number of aliphatic carboxylic acids is 1. The highest BCUT2D eigenvalue weighted by molar-refractivity contribution is 5.83. The van der Waals surface area contributed by atoms with Crippen LogP contribution in [0.25, 0.3) is 0 Å². The molecule has 4 N–H and O–H groups in total. The van der Waals surface area contributed by atoms with Gasteiger partial charge in [-0.25, -0.2) is 4.79 Å². The fourth-order valence-electron chi connectivity index (χ4n) is 5.92. The predicted molar refractivity (Wildman–Crippen MR) is 248 cm³/mol. The van der Waals surface area contributed by atoms with Gasteiger partial charge in [0.25, 0.3) is 0 Å². The molecular formula is C51H82N2O5. The number of ether oxygens (including phenoxy) is 1. The Kier molecular flexibility index (Phi) is 41.1. The molecule has 0 aliphatic carbocycles. The van der Waals surface area contributed by atoms with Crippen molar-refractivity contribution in [2.75, 3.05) is 6.54 Å². The van der Waals surface area contributed by atoms with Crippen LogP contribution in [0.5, 0.6) is 0 Å². The van der Waals surface area contributed by atoms with Crippen LogP contribution in [-0.2, 0) is 19.1 Å². The van der Waals surface area contributed by atoms with E-state index in [9.17, 15) is 19.5 Å². The quantitative estimate of drug-likeness (QED) is 0.0323. The summed E-state index contributed by atoms with van der Waals surface area (Å²) in [6, 6.07) is -0.865. The molecule has 0 heterocycles. The summed E-state index contributed by atoms with van der Waals surface area (Å²) < 4.78 is 5.91. The maximum Gasteiger partial charge on any atom is 0.326 e. The first-order valence-electron chi connectivity index (χ1n) is 22.7. The summed E-state index contributed by atoms with van der Waals surface area (Å²) >= 11 is 0. The lowest BCUT2D eigenvalue weighted by molar-refractivity contribution is -0.147. The summed E-state index contributed by atoms with van der Waals surface area (Å²) in [4.78, 5) is 36.2. The molecule has 326 valence electrons. The molecule has 0 saturated heterocycles. The van der Waals surface area contributed by atoms with E-state index in [0.29, 0.717) is 32.2 Å². The van der Waals surface area contributed by atoms with E-state index >= 15 is 0 Å². The molecule has 0 bridgehead atoms. The van der Waals surface area contributed by atoms with E-state index in [4.69, 9.17) is 10.5 Å². The van der Waals surface area contributed by atoms with Gasteiger partial charge in [0.05, 0.1) is 0 Å². The van der Waals surface area contributed by atoms with Gasteiger partial charge in [-0.1, -0.05) is 156 Å². The third kappa shape index (κ3) is 40.2. The molecule has 0 spiro atoms. The second kappa shape index (κ2) is 44.1. The normalized spacial score (nSPS) is 13.7. The molecule has 2 atom stereocenters. The fraction of sp³-hybridized carbons (Fsp3) is 0.588. The average Bonchev–Trinajstić information content (AvgIpc) is 3.21. The summed E-state index contributed by atoms with van der Waals surface area (Å²) in [6.07, 6.45) is 61.6. The maximum absolute atomic E-state index is 12.7. The number of amides is 1. The van der Waals surface area contributed by atoms with Gasteiger partial charge in [0.15, 0.2) is 0 Å². The van der Waals surface area contributed by atoms with Crippen LogP contribution in [0.1, 0.15) is 174 Å². The fourth-order valence-corrected chi connectivity index (χ4v) is 5.92. The van der Waals surface area contributed by atoms with Gasteiger partial charge in [-0.2, -0.15) is 0 Å². The number of hydrogen-bond donors (Lipinski definition) is 3. The average molecular weight is 803 g/mol. The summed E-state index contributed by atoms with van der Waals surface area (Å²) in [5.41, 5.74) is 5.47. The molecule has 1 amide bonds. The van der Waals surface area contributed by atoms with E-state index in [1.165, 1.54) is 19.3 Å². The summed E-state index contributed by atoms with van der Waals surface area (Å²) in [6.45, 7) is 4.77. The van der Waals surface area contributed by atoms with E-state index < -0.39 is 12.0 Å². The lowest BCUT2D eigenvalue weighted by atomic mass is 10.0. The Morgan fingerprint density at radius 3 is 1.53 bits per heavy atom. The summed E-state index contributed by atoms with van der Waals surface area (Å²) in [5.74, 6) is -1.37. The molecule has 0 aromatic heterocycles. The summed E-state index contributed by atoms with van der Waals surface area (Å²) in [5, 5.41) is 11.9. The number of carbonyl (C=O) groups is 3. The Balaban J connectivity index is 4.35. The van der Waals surface area contributed by atoms with Gasteiger partial charge in [-0.05, 0) is 122 Å². The number of carbonyl (C=O) groups excluding carboxylic acids is 2. The number of rotatable bonds is 39. The monoisotopic (exact) mass is 803 g/mol. The maximum atomic E-state index is 12.7. The molecule has 58 heavy (non-hydrogen) atoms. The molecule has 7 heteroatoms. The number of carboxylic acid groups (broad SMARTS) is 1. The van der Waals surface area contributed by atoms with Crippen LogP contribution >= 0.6 is 0 Å². The van der Waals surface area contributed by atoms with Crippen LogP contribution in [-0.4, -0.2) is 41.6 Å². The molecule has 0 aromatic carbocycles. The molecule has 7 nitrogen and oxygen atoms in total. The smallest absolute Gasteiger partial charge is 0.326 e. The number of hydrogen-bond acceptors (Lipinski definition) is 5. The van der Waals surface area contributed by atoms with Crippen molar-refractivity contribution in [3.05, 3.63) is 109 Å². The van der Waals surface area contributed by atoms with E-state index in [-0.39, 0.29) is 18.0 Å². The Labute approximate surface area is 354 Å². The molecule has 2 unspecified atom stereocenters. The van der Waals surface area contributed by atoms with Crippen molar-refractivity contribution in [1.29, 1.82) is 0 Å². The Hall–Kier alpha value is -3.97. The predicted octanol–water partition coefficient (Wildman–Crippen LogP) is 13.2. The van der Waals surface area contributed by atoms with Crippen molar-refractivity contribution >= 4 is 17.8 Å². The number of unbranched alkanes of at least 4 members (excludes halogenated alkanes) is 9. The molecule has 0 aliphatic heterocycles. The summed E-state index contributed by atoms with van der Waals surface area (Å²) in [7, 11) is 0. The number of nitrogens with one attached hydrogen (secondary N) is 1. The van der Waals surface area contributed by atoms with Crippen LogP contribution in [0.15, 0.2) is 109 Å². The van der Waals surface area contributed by atoms with Crippen molar-refractivity contribution in [2.24, 2.45) is 5.73 Å². The highest BCUT2D eigenvalue weighted by atomic mass is 16.5. The second-order valence-electron chi connectivity index (χ2n) is 14.7. The molecular weight excluding hydrogens is 721 g/mol. The van der Waals surface area contributed by atoms with Gasteiger partial charge in [0, 0.05) is 12.8 Å². The molecule has 0 radical (unpaired) electrons. The first-order valence-corrected chi connectivity index (χ1v) is 22.7. The Bertz CT molecular complexity index is 1270. The SMILES string of the molecule is CC/C=C\C/C=C\C/C=C\C/C=C\C/C=C\C/C=C\C/C=C\CCCC(=O)OC(/C=C\C/C=C\CCCCC)CCCCCCCCC(=O)NC(CCCN)C(=O)O. The topological polar surface area (TPSA) is 119 Å². The number of esters is 1. The lowest BCUT2D eigenvalue weighted by Crippen LogP contribution is -2.40. The zero-order valence-corrected chi connectivity index (χ0v) is 36.6. The minimum atomic E-state index is -1.01. The third-order valence-corrected chi connectivity index (χ3v) is 9.31. The van der Waals surface area contributed by atoms with E-state index in [2.05, 4.69) is 129 Å². The second-order valence-corrected chi connectivity index (χ2v) is 14.7. The molecule has 0 rings (SSSR count).